The molecule has 20 heavy (non-hydrogen) atoms. The molecule has 0 aromatic heterocycles. The second-order valence-electron chi connectivity index (χ2n) is 7.65. The average Bonchev–Trinajstić information content (AvgIpc) is 2.39. The zero-order chi connectivity index (χ0) is 15.6. The van der Waals surface area contributed by atoms with Crippen LogP contribution in [0.25, 0.3) is 0 Å². The van der Waals surface area contributed by atoms with Crippen LogP contribution in [0.2, 0.25) is 33.0 Å². The van der Waals surface area contributed by atoms with Crippen LogP contribution in [0.3, 0.4) is 0 Å². The molecule has 3 heteroatoms. The van der Waals surface area contributed by atoms with Gasteiger partial charge in [-0.15, -0.1) is 0 Å². The monoisotopic (exact) mass is 408 g/mol. The van der Waals surface area contributed by atoms with E-state index < -0.39 is 26.5 Å². The first-order valence-electron chi connectivity index (χ1n) is 8.90. The van der Waals surface area contributed by atoms with Gasteiger partial charge in [-0.1, -0.05) is 0 Å². The van der Waals surface area contributed by atoms with E-state index in [1.807, 2.05) is 7.11 Å². The molecule has 0 saturated heterocycles. The minimum absolute atomic E-state index is 0.724. The summed E-state index contributed by atoms with van der Waals surface area (Å²) in [7, 11) is 0.811. The number of unbranched alkanes of at least 4 members (excludes halogenated alkanes) is 3. The van der Waals surface area contributed by atoms with Crippen LogP contribution >= 0.6 is 0 Å². The first-order chi connectivity index (χ1) is 9.37. The summed E-state index contributed by atoms with van der Waals surface area (Å²) in [6, 6.07) is 0. The summed E-state index contributed by atoms with van der Waals surface area (Å²) in [5.74, 6) is 0. The van der Waals surface area contributed by atoms with Crippen molar-refractivity contribution in [3.63, 3.8) is 0 Å². The zero-order valence-electron chi connectivity index (χ0n) is 15.3. The molecule has 0 N–H and O–H groups in total. The average molecular weight is 407 g/mol. The molecule has 0 radical (unpaired) electrons. The van der Waals surface area contributed by atoms with Crippen LogP contribution in [0.15, 0.2) is 0 Å². The maximum absolute atomic E-state index is 6.23. The predicted octanol–water partition coefficient (Wildman–Crippen LogP) is 6.27. The van der Waals surface area contributed by atoms with Crippen LogP contribution in [-0.4, -0.2) is 37.3 Å². The molecule has 0 aliphatic heterocycles. The van der Waals surface area contributed by atoms with Gasteiger partial charge < -0.3 is 0 Å². The van der Waals surface area contributed by atoms with Crippen molar-refractivity contribution in [3.8, 4) is 0 Å². The van der Waals surface area contributed by atoms with Crippen LogP contribution in [0.4, 0.5) is 0 Å². The molecule has 0 aromatic rings. The molecule has 0 saturated carbocycles. The van der Waals surface area contributed by atoms with Gasteiger partial charge in [0.25, 0.3) is 0 Å². The van der Waals surface area contributed by atoms with Gasteiger partial charge in [0.1, 0.15) is 0 Å². The van der Waals surface area contributed by atoms with Crippen LogP contribution in [0.1, 0.15) is 59.3 Å². The van der Waals surface area contributed by atoms with Crippen molar-refractivity contribution >= 4 is 26.5 Å². The quantitative estimate of drug-likeness (QED) is 0.347. The molecular formula is C17H40OSiSn. The van der Waals surface area contributed by atoms with E-state index in [2.05, 4.69) is 40.4 Å². The number of hydrogen-bond acceptors (Lipinski definition) is 1. The summed E-state index contributed by atoms with van der Waals surface area (Å²) in [6.07, 6.45) is 8.44. The molecule has 122 valence electrons. The van der Waals surface area contributed by atoms with Gasteiger partial charge >= 0.3 is 134 Å². The Morgan fingerprint density at radius 2 is 1.15 bits per heavy atom. The number of ether oxygens (including phenoxy) is 1. The molecule has 0 fully saturated rings. The molecule has 1 unspecified atom stereocenters. The van der Waals surface area contributed by atoms with E-state index in [4.69, 9.17) is 4.74 Å². The predicted molar refractivity (Wildman–Crippen MR) is 99.0 cm³/mol. The summed E-state index contributed by atoms with van der Waals surface area (Å²) in [5.41, 5.74) is 0. The van der Waals surface area contributed by atoms with Crippen molar-refractivity contribution in [3.05, 3.63) is 0 Å². The van der Waals surface area contributed by atoms with E-state index in [0.29, 0.717) is 0 Å². The van der Waals surface area contributed by atoms with Gasteiger partial charge in [0.05, 0.1) is 0 Å². The molecule has 1 nitrogen and oxygen atoms in total. The number of methoxy groups -OCH3 is 1. The van der Waals surface area contributed by atoms with Gasteiger partial charge in [0.2, 0.25) is 0 Å². The fourth-order valence-corrected chi connectivity index (χ4v) is 39.9. The van der Waals surface area contributed by atoms with Crippen LogP contribution in [0, 0.1) is 0 Å². The Balaban J connectivity index is 5.28. The SMILES string of the molecule is CCC[CH2][Sn]([CH2]CCC)([CH2]CCC)[CH](OC)[Si](C)(C)C. The summed E-state index contributed by atoms with van der Waals surface area (Å²) in [5, 5.41) is 0. The Hall–Kier alpha value is 0.976. The molecule has 0 heterocycles. The third-order valence-electron chi connectivity index (χ3n) is 4.66. The third kappa shape index (κ3) is 6.82. The molecule has 0 amide bonds. The van der Waals surface area contributed by atoms with E-state index in [1.54, 1.807) is 13.3 Å². The van der Waals surface area contributed by atoms with Crippen molar-refractivity contribution in [2.75, 3.05) is 7.11 Å². The molecule has 0 rings (SSSR count). The van der Waals surface area contributed by atoms with Gasteiger partial charge in [0, 0.05) is 0 Å². The Morgan fingerprint density at radius 1 is 0.800 bits per heavy atom. The summed E-state index contributed by atoms with van der Waals surface area (Å²) >= 11 is -2.17. The van der Waals surface area contributed by atoms with Crippen molar-refractivity contribution < 1.29 is 4.74 Å². The molecule has 0 bridgehead atoms. The molecule has 1 atom stereocenters. The Labute approximate surface area is 134 Å². The van der Waals surface area contributed by atoms with Gasteiger partial charge in [0.15, 0.2) is 0 Å². The van der Waals surface area contributed by atoms with E-state index in [0.717, 1.165) is 3.74 Å². The van der Waals surface area contributed by atoms with Crippen LogP contribution in [0.5, 0.6) is 0 Å². The van der Waals surface area contributed by atoms with Crippen molar-refractivity contribution in [1.29, 1.82) is 0 Å². The van der Waals surface area contributed by atoms with Crippen LogP contribution < -0.4 is 0 Å². The van der Waals surface area contributed by atoms with E-state index in [9.17, 15) is 0 Å². The Morgan fingerprint density at radius 3 is 1.35 bits per heavy atom. The van der Waals surface area contributed by atoms with E-state index in [1.165, 1.54) is 38.5 Å². The standard InChI is InChI=1S/C5H13OSi.3C4H9.Sn/c1-6-5-7(2,3)4;3*1-3-4-2;/h5H,1-4H3;3*1,3-4H2,2H3;. The van der Waals surface area contributed by atoms with Gasteiger partial charge in [-0.2, -0.15) is 0 Å². The van der Waals surface area contributed by atoms with Crippen LogP contribution in [-0.2, 0) is 4.74 Å². The van der Waals surface area contributed by atoms with Gasteiger partial charge in [-0.3, -0.25) is 0 Å². The van der Waals surface area contributed by atoms with E-state index in [-0.39, 0.29) is 0 Å². The first kappa shape index (κ1) is 21.0. The summed E-state index contributed by atoms with van der Waals surface area (Å²) in [6.45, 7) is 14.7. The van der Waals surface area contributed by atoms with E-state index >= 15 is 0 Å². The second-order valence-corrected chi connectivity index (χ2v) is 28.1. The fraction of sp³-hybridized carbons (Fsp3) is 1.00. The third-order valence-corrected chi connectivity index (χ3v) is 33.4. The van der Waals surface area contributed by atoms with Gasteiger partial charge in [-0.05, 0) is 0 Å². The summed E-state index contributed by atoms with van der Waals surface area (Å²) < 4.78 is 11.7. The maximum atomic E-state index is 6.23. The zero-order valence-corrected chi connectivity index (χ0v) is 19.2. The van der Waals surface area contributed by atoms with Crippen molar-refractivity contribution in [2.45, 2.75) is 96.0 Å². The minimum atomic E-state index is -2.17. The fourth-order valence-electron chi connectivity index (χ4n) is 3.88. The Bertz CT molecular complexity index is 216. The second kappa shape index (κ2) is 10.7. The van der Waals surface area contributed by atoms with Gasteiger partial charge in [-0.25, -0.2) is 0 Å². The molecule has 0 aliphatic rings. The number of rotatable bonds is 12. The van der Waals surface area contributed by atoms with Crippen molar-refractivity contribution in [1.82, 2.24) is 0 Å². The molecule has 0 aromatic carbocycles. The molecular weight excluding hydrogens is 367 g/mol. The summed E-state index contributed by atoms with van der Waals surface area (Å²) in [4.78, 5) is 0. The number of hydrogen-bond donors (Lipinski definition) is 0. The molecule has 0 aliphatic carbocycles. The Kier molecular flexibility index (Phi) is 11.2. The topological polar surface area (TPSA) is 9.23 Å². The van der Waals surface area contributed by atoms with Crippen molar-refractivity contribution in [2.24, 2.45) is 0 Å². The molecule has 0 spiro atoms. The normalized spacial score (nSPS) is 14.6. The first-order valence-corrected chi connectivity index (χ1v) is 20.2.